The van der Waals surface area contributed by atoms with Gasteiger partial charge in [-0.05, 0) is 37.9 Å². The molecule has 0 aliphatic rings. The van der Waals surface area contributed by atoms with Gasteiger partial charge in [-0.15, -0.1) is 0 Å². The van der Waals surface area contributed by atoms with Crippen LogP contribution in [-0.4, -0.2) is 26.9 Å². The third kappa shape index (κ3) is 3.74. The van der Waals surface area contributed by atoms with Crippen molar-refractivity contribution in [1.82, 2.24) is 5.32 Å². The van der Waals surface area contributed by atoms with Crippen molar-refractivity contribution < 1.29 is 9.47 Å². The Kier molecular flexibility index (Phi) is 7.03. The van der Waals surface area contributed by atoms with E-state index in [0.29, 0.717) is 0 Å². The molecule has 0 bridgehead atoms. The summed E-state index contributed by atoms with van der Waals surface area (Å²) in [5.74, 6) is 0.981. The summed E-state index contributed by atoms with van der Waals surface area (Å²) >= 11 is 0. The van der Waals surface area contributed by atoms with Gasteiger partial charge in [-0.25, -0.2) is 0 Å². The topological polar surface area (TPSA) is 30.5 Å². The number of methoxy groups -OCH3 is 2. The highest BCUT2D eigenvalue weighted by molar-refractivity contribution is 5.47. The lowest BCUT2D eigenvalue weighted by atomic mass is 9.93. The monoisotopic (exact) mass is 279 g/mol. The number of aryl methyl sites for hydroxylation is 1. The van der Waals surface area contributed by atoms with E-state index in [4.69, 9.17) is 9.47 Å². The van der Waals surface area contributed by atoms with Crippen LogP contribution in [0.25, 0.3) is 0 Å². The third-order valence-electron chi connectivity index (χ3n) is 3.92. The average Bonchev–Trinajstić information content (AvgIpc) is 2.45. The smallest absolute Gasteiger partial charge is 0.126 e. The first-order chi connectivity index (χ1) is 9.60. The van der Waals surface area contributed by atoms with Gasteiger partial charge in [0.05, 0.1) is 19.3 Å². The standard InChI is InChI=1S/C17H29NO2/c1-7-9-15(19-5)16(18-8-2)14-11-10-12(3)13(4)17(14)20-6/h10-11,15-16,18H,7-9H2,1-6H3. The van der Waals surface area contributed by atoms with Crippen LogP contribution in [0.5, 0.6) is 5.75 Å². The van der Waals surface area contributed by atoms with E-state index >= 15 is 0 Å². The third-order valence-corrected chi connectivity index (χ3v) is 3.92. The van der Waals surface area contributed by atoms with Crippen molar-refractivity contribution in [2.24, 2.45) is 0 Å². The molecule has 0 aromatic heterocycles. The number of rotatable bonds is 8. The quantitative estimate of drug-likeness (QED) is 0.785. The zero-order valence-electron chi connectivity index (χ0n) is 13.7. The normalized spacial score (nSPS) is 14.1. The summed E-state index contributed by atoms with van der Waals surface area (Å²) < 4.78 is 11.4. The highest BCUT2D eigenvalue weighted by Crippen LogP contribution is 2.34. The van der Waals surface area contributed by atoms with Gasteiger partial charge >= 0.3 is 0 Å². The maximum absolute atomic E-state index is 5.71. The molecule has 114 valence electrons. The number of likely N-dealkylation sites (N-methyl/N-ethyl adjacent to an activating group) is 1. The van der Waals surface area contributed by atoms with E-state index in [1.54, 1.807) is 14.2 Å². The van der Waals surface area contributed by atoms with E-state index < -0.39 is 0 Å². The van der Waals surface area contributed by atoms with Gasteiger partial charge in [-0.2, -0.15) is 0 Å². The molecule has 0 heterocycles. The van der Waals surface area contributed by atoms with Crippen LogP contribution >= 0.6 is 0 Å². The van der Waals surface area contributed by atoms with Gasteiger partial charge in [-0.3, -0.25) is 0 Å². The van der Waals surface area contributed by atoms with Crippen molar-refractivity contribution in [1.29, 1.82) is 0 Å². The SMILES string of the molecule is CCCC(OC)C(NCC)c1ccc(C)c(C)c1OC. The second-order valence-electron chi connectivity index (χ2n) is 5.23. The number of hydrogen-bond donors (Lipinski definition) is 1. The molecule has 0 saturated carbocycles. The van der Waals surface area contributed by atoms with E-state index in [2.05, 4.69) is 45.1 Å². The lowest BCUT2D eigenvalue weighted by Gasteiger charge is -2.29. The van der Waals surface area contributed by atoms with E-state index in [-0.39, 0.29) is 12.1 Å². The molecule has 0 saturated heterocycles. The maximum Gasteiger partial charge on any atom is 0.126 e. The molecule has 1 aromatic rings. The number of benzene rings is 1. The van der Waals surface area contributed by atoms with Crippen molar-refractivity contribution in [3.05, 3.63) is 28.8 Å². The number of nitrogens with one attached hydrogen (secondary N) is 1. The Labute approximate surface area is 123 Å². The largest absolute Gasteiger partial charge is 0.496 e. The summed E-state index contributed by atoms with van der Waals surface area (Å²) in [7, 11) is 3.54. The zero-order valence-corrected chi connectivity index (χ0v) is 13.7. The molecule has 0 amide bonds. The fourth-order valence-electron chi connectivity index (χ4n) is 2.69. The van der Waals surface area contributed by atoms with Gasteiger partial charge in [0.15, 0.2) is 0 Å². The van der Waals surface area contributed by atoms with Crippen molar-refractivity contribution in [3.63, 3.8) is 0 Å². The molecule has 2 unspecified atom stereocenters. The molecular formula is C17H29NO2. The summed E-state index contributed by atoms with van der Waals surface area (Å²) in [5.41, 5.74) is 3.65. The van der Waals surface area contributed by atoms with Crippen molar-refractivity contribution in [2.75, 3.05) is 20.8 Å². The van der Waals surface area contributed by atoms with Crippen molar-refractivity contribution in [2.45, 2.75) is 52.7 Å². The highest BCUT2D eigenvalue weighted by Gasteiger charge is 2.25. The first-order valence-electron chi connectivity index (χ1n) is 7.50. The van der Waals surface area contributed by atoms with Gasteiger partial charge < -0.3 is 14.8 Å². The predicted octanol–water partition coefficient (Wildman–Crippen LogP) is 3.78. The van der Waals surface area contributed by atoms with Crippen LogP contribution in [0.1, 0.15) is 49.4 Å². The molecule has 0 aliphatic carbocycles. The van der Waals surface area contributed by atoms with Gasteiger partial charge in [0, 0.05) is 12.7 Å². The van der Waals surface area contributed by atoms with Gasteiger partial charge in [0.25, 0.3) is 0 Å². The van der Waals surface area contributed by atoms with Crippen molar-refractivity contribution in [3.8, 4) is 5.75 Å². The van der Waals surface area contributed by atoms with E-state index in [9.17, 15) is 0 Å². The second kappa shape index (κ2) is 8.28. The maximum atomic E-state index is 5.71. The minimum Gasteiger partial charge on any atom is -0.496 e. The Morgan fingerprint density at radius 1 is 1.15 bits per heavy atom. The molecule has 2 atom stereocenters. The minimum absolute atomic E-state index is 0.163. The number of ether oxygens (including phenoxy) is 2. The zero-order chi connectivity index (χ0) is 15.1. The van der Waals surface area contributed by atoms with Crippen molar-refractivity contribution >= 4 is 0 Å². The fourth-order valence-corrected chi connectivity index (χ4v) is 2.69. The molecule has 3 heteroatoms. The summed E-state index contributed by atoms with van der Waals surface area (Å²) in [4.78, 5) is 0. The van der Waals surface area contributed by atoms with Crippen LogP contribution in [0.2, 0.25) is 0 Å². The Bertz CT molecular complexity index is 418. The van der Waals surface area contributed by atoms with E-state index in [0.717, 1.165) is 25.1 Å². The predicted molar refractivity (Wildman–Crippen MR) is 84.6 cm³/mol. The Hall–Kier alpha value is -1.06. The van der Waals surface area contributed by atoms with Crippen LogP contribution in [0.3, 0.4) is 0 Å². The Balaban J connectivity index is 3.23. The highest BCUT2D eigenvalue weighted by atomic mass is 16.5. The molecule has 3 nitrogen and oxygen atoms in total. The Morgan fingerprint density at radius 3 is 2.35 bits per heavy atom. The lowest BCUT2D eigenvalue weighted by molar-refractivity contribution is 0.0603. The molecule has 1 N–H and O–H groups in total. The minimum atomic E-state index is 0.163. The van der Waals surface area contributed by atoms with Crippen LogP contribution in [0, 0.1) is 13.8 Å². The van der Waals surface area contributed by atoms with Crippen LogP contribution < -0.4 is 10.1 Å². The Morgan fingerprint density at radius 2 is 1.85 bits per heavy atom. The fraction of sp³-hybridized carbons (Fsp3) is 0.647. The first-order valence-corrected chi connectivity index (χ1v) is 7.50. The number of hydrogen-bond acceptors (Lipinski definition) is 3. The van der Waals surface area contributed by atoms with Gasteiger partial charge in [0.2, 0.25) is 0 Å². The average molecular weight is 279 g/mol. The summed E-state index contributed by atoms with van der Waals surface area (Å²) in [6, 6.07) is 4.49. The molecule has 0 fully saturated rings. The van der Waals surface area contributed by atoms with E-state index in [1.165, 1.54) is 16.7 Å². The molecular weight excluding hydrogens is 250 g/mol. The second-order valence-corrected chi connectivity index (χ2v) is 5.23. The molecule has 0 radical (unpaired) electrons. The molecule has 0 spiro atoms. The van der Waals surface area contributed by atoms with Crippen LogP contribution in [0.4, 0.5) is 0 Å². The molecule has 1 rings (SSSR count). The molecule has 0 aliphatic heterocycles. The van der Waals surface area contributed by atoms with Gasteiger partial charge in [-0.1, -0.05) is 32.4 Å². The molecule has 1 aromatic carbocycles. The summed E-state index contributed by atoms with van der Waals surface area (Å²) in [6.45, 7) is 9.45. The molecule has 20 heavy (non-hydrogen) atoms. The van der Waals surface area contributed by atoms with Gasteiger partial charge in [0.1, 0.15) is 5.75 Å². The lowest BCUT2D eigenvalue weighted by Crippen LogP contribution is -2.33. The van der Waals surface area contributed by atoms with Crippen LogP contribution in [-0.2, 0) is 4.74 Å². The first kappa shape index (κ1) is 17.0. The van der Waals surface area contributed by atoms with E-state index in [1.807, 2.05) is 0 Å². The summed E-state index contributed by atoms with van der Waals surface area (Å²) in [6.07, 6.45) is 2.30. The van der Waals surface area contributed by atoms with Crippen LogP contribution in [0.15, 0.2) is 12.1 Å². The summed E-state index contributed by atoms with van der Waals surface area (Å²) in [5, 5.41) is 3.55.